The third kappa shape index (κ3) is 2.57. The van der Waals surface area contributed by atoms with E-state index in [9.17, 15) is 4.39 Å². The van der Waals surface area contributed by atoms with Crippen molar-refractivity contribution >= 4 is 0 Å². The first-order valence-electron chi connectivity index (χ1n) is 5.76. The van der Waals surface area contributed by atoms with E-state index in [2.05, 4.69) is 0 Å². The summed E-state index contributed by atoms with van der Waals surface area (Å²) in [6.45, 7) is 0. The van der Waals surface area contributed by atoms with Crippen LogP contribution >= 0.6 is 0 Å². The highest BCUT2D eigenvalue weighted by Gasteiger charge is 2.22. The lowest BCUT2D eigenvalue weighted by Gasteiger charge is -2.18. The molecule has 0 aliphatic heterocycles. The van der Waals surface area contributed by atoms with E-state index in [4.69, 9.17) is 5.73 Å². The normalized spacial score (nSPS) is 19.3. The monoisotopic (exact) mass is 207 g/mol. The first-order chi connectivity index (χ1) is 7.27. The third-order valence-corrected chi connectivity index (χ3v) is 3.42. The van der Waals surface area contributed by atoms with Crippen molar-refractivity contribution in [2.24, 2.45) is 11.7 Å². The van der Waals surface area contributed by atoms with Crippen molar-refractivity contribution in [3.63, 3.8) is 0 Å². The Morgan fingerprint density at radius 2 is 1.93 bits per heavy atom. The number of halogens is 1. The molecule has 1 aliphatic rings. The zero-order valence-corrected chi connectivity index (χ0v) is 8.95. The molecule has 2 rings (SSSR count). The zero-order chi connectivity index (χ0) is 10.7. The minimum Gasteiger partial charge on any atom is -0.327 e. The van der Waals surface area contributed by atoms with Crippen LogP contribution in [-0.2, 0) is 6.42 Å². The van der Waals surface area contributed by atoms with E-state index in [1.165, 1.54) is 31.7 Å². The fourth-order valence-electron chi connectivity index (χ4n) is 2.47. The maximum absolute atomic E-state index is 13.4. The third-order valence-electron chi connectivity index (χ3n) is 3.42. The van der Waals surface area contributed by atoms with Gasteiger partial charge in [0, 0.05) is 6.04 Å². The first kappa shape index (κ1) is 10.6. The maximum Gasteiger partial charge on any atom is 0.126 e. The van der Waals surface area contributed by atoms with Crippen LogP contribution in [0.2, 0.25) is 0 Å². The molecule has 1 aliphatic carbocycles. The van der Waals surface area contributed by atoms with Crippen LogP contribution in [0.15, 0.2) is 24.3 Å². The highest BCUT2D eigenvalue weighted by molar-refractivity contribution is 5.18. The van der Waals surface area contributed by atoms with Gasteiger partial charge in [0.05, 0.1) is 0 Å². The summed E-state index contributed by atoms with van der Waals surface area (Å²) >= 11 is 0. The lowest BCUT2D eigenvalue weighted by Crippen LogP contribution is -2.30. The molecule has 1 nitrogen and oxygen atoms in total. The Morgan fingerprint density at radius 3 is 2.60 bits per heavy atom. The van der Waals surface area contributed by atoms with Gasteiger partial charge in [0.2, 0.25) is 0 Å². The van der Waals surface area contributed by atoms with Crippen LogP contribution in [-0.4, -0.2) is 6.04 Å². The molecule has 15 heavy (non-hydrogen) atoms. The average Bonchev–Trinajstić information content (AvgIpc) is 2.74. The molecule has 0 bridgehead atoms. The van der Waals surface area contributed by atoms with Gasteiger partial charge in [0.1, 0.15) is 5.82 Å². The molecule has 82 valence electrons. The van der Waals surface area contributed by atoms with Crippen molar-refractivity contribution in [2.75, 3.05) is 0 Å². The van der Waals surface area contributed by atoms with E-state index >= 15 is 0 Å². The van der Waals surface area contributed by atoms with Gasteiger partial charge >= 0.3 is 0 Å². The number of nitrogens with two attached hydrogens (primary N) is 1. The molecule has 0 radical (unpaired) electrons. The SMILES string of the molecule is NC(Cc1ccccc1F)C1CCCC1. The number of benzene rings is 1. The van der Waals surface area contributed by atoms with Crippen molar-refractivity contribution in [1.29, 1.82) is 0 Å². The lowest BCUT2D eigenvalue weighted by molar-refractivity contribution is 0.423. The van der Waals surface area contributed by atoms with Crippen LogP contribution < -0.4 is 5.73 Å². The second kappa shape index (κ2) is 4.75. The summed E-state index contributed by atoms with van der Waals surface area (Å²) in [4.78, 5) is 0. The maximum atomic E-state index is 13.4. The summed E-state index contributed by atoms with van der Waals surface area (Å²) in [5.41, 5.74) is 6.87. The highest BCUT2D eigenvalue weighted by atomic mass is 19.1. The van der Waals surface area contributed by atoms with Gasteiger partial charge in [-0.2, -0.15) is 0 Å². The second-order valence-corrected chi connectivity index (χ2v) is 4.50. The van der Waals surface area contributed by atoms with Crippen LogP contribution in [0, 0.1) is 11.7 Å². The van der Waals surface area contributed by atoms with E-state index < -0.39 is 0 Å². The molecule has 0 aromatic heterocycles. The van der Waals surface area contributed by atoms with Crippen molar-refractivity contribution < 1.29 is 4.39 Å². The van der Waals surface area contributed by atoms with Crippen LogP contribution in [0.3, 0.4) is 0 Å². The highest BCUT2D eigenvalue weighted by Crippen LogP contribution is 2.28. The topological polar surface area (TPSA) is 26.0 Å². The van der Waals surface area contributed by atoms with E-state index in [-0.39, 0.29) is 11.9 Å². The number of hydrogen-bond acceptors (Lipinski definition) is 1. The van der Waals surface area contributed by atoms with Crippen molar-refractivity contribution in [3.05, 3.63) is 35.6 Å². The van der Waals surface area contributed by atoms with Crippen LogP contribution in [0.25, 0.3) is 0 Å². The van der Waals surface area contributed by atoms with E-state index in [0.717, 1.165) is 5.56 Å². The zero-order valence-electron chi connectivity index (χ0n) is 8.95. The van der Waals surface area contributed by atoms with Gasteiger partial charge in [-0.1, -0.05) is 31.0 Å². The van der Waals surface area contributed by atoms with Crippen molar-refractivity contribution in [3.8, 4) is 0 Å². The summed E-state index contributed by atoms with van der Waals surface area (Å²) in [6, 6.07) is 7.07. The summed E-state index contributed by atoms with van der Waals surface area (Å²) in [6.07, 6.45) is 5.69. The molecule has 1 fully saturated rings. The molecule has 0 amide bonds. The Labute approximate surface area is 90.5 Å². The standard InChI is InChI=1S/C13H18FN/c14-12-8-4-3-7-11(12)9-13(15)10-5-1-2-6-10/h3-4,7-8,10,13H,1-2,5-6,9,15H2. The average molecular weight is 207 g/mol. The summed E-state index contributed by atoms with van der Waals surface area (Å²) in [7, 11) is 0. The van der Waals surface area contributed by atoms with Crippen LogP contribution in [0.1, 0.15) is 31.2 Å². The van der Waals surface area contributed by atoms with Crippen molar-refractivity contribution in [1.82, 2.24) is 0 Å². The van der Waals surface area contributed by atoms with Gasteiger partial charge in [0.25, 0.3) is 0 Å². The molecular formula is C13H18FN. The quantitative estimate of drug-likeness (QED) is 0.810. The van der Waals surface area contributed by atoms with Gasteiger partial charge < -0.3 is 5.73 Å². The Balaban J connectivity index is 1.99. The van der Waals surface area contributed by atoms with Gasteiger partial charge in [-0.3, -0.25) is 0 Å². The van der Waals surface area contributed by atoms with E-state index in [0.29, 0.717) is 12.3 Å². The fourth-order valence-corrected chi connectivity index (χ4v) is 2.47. The summed E-state index contributed by atoms with van der Waals surface area (Å²) in [5, 5.41) is 0. The van der Waals surface area contributed by atoms with Crippen molar-refractivity contribution in [2.45, 2.75) is 38.1 Å². The van der Waals surface area contributed by atoms with Crippen LogP contribution in [0.5, 0.6) is 0 Å². The largest absolute Gasteiger partial charge is 0.327 e. The smallest absolute Gasteiger partial charge is 0.126 e. The predicted octanol–water partition coefficient (Wildman–Crippen LogP) is 2.89. The first-order valence-corrected chi connectivity index (χ1v) is 5.76. The van der Waals surface area contributed by atoms with Gasteiger partial charge in [-0.05, 0) is 36.8 Å². The summed E-state index contributed by atoms with van der Waals surface area (Å²) in [5.74, 6) is 0.482. The molecule has 0 heterocycles. The van der Waals surface area contributed by atoms with E-state index in [1.54, 1.807) is 6.07 Å². The molecular weight excluding hydrogens is 189 g/mol. The van der Waals surface area contributed by atoms with Gasteiger partial charge in [-0.25, -0.2) is 4.39 Å². The molecule has 1 unspecified atom stereocenters. The molecule has 1 atom stereocenters. The van der Waals surface area contributed by atoms with E-state index in [1.807, 2.05) is 12.1 Å². The molecule has 1 aromatic carbocycles. The molecule has 0 spiro atoms. The number of rotatable bonds is 3. The minimum atomic E-state index is -0.119. The Morgan fingerprint density at radius 1 is 1.27 bits per heavy atom. The summed E-state index contributed by atoms with van der Waals surface area (Å²) < 4.78 is 13.4. The molecule has 1 saturated carbocycles. The Kier molecular flexibility index (Phi) is 3.37. The molecule has 1 aromatic rings. The molecule has 2 heteroatoms. The Bertz CT molecular complexity index is 318. The Hall–Kier alpha value is -0.890. The van der Waals surface area contributed by atoms with Crippen LogP contribution in [0.4, 0.5) is 4.39 Å². The molecule has 2 N–H and O–H groups in total. The van der Waals surface area contributed by atoms with Gasteiger partial charge in [-0.15, -0.1) is 0 Å². The lowest BCUT2D eigenvalue weighted by atomic mass is 9.93. The molecule has 0 saturated heterocycles. The van der Waals surface area contributed by atoms with Gasteiger partial charge in [0.15, 0.2) is 0 Å². The predicted molar refractivity (Wildman–Crippen MR) is 60.0 cm³/mol. The number of hydrogen-bond donors (Lipinski definition) is 1. The fraction of sp³-hybridized carbons (Fsp3) is 0.538. The minimum absolute atomic E-state index is 0.119. The second-order valence-electron chi connectivity index (χ2n) is 4.50.